The van der Waals surface area contributed by atoms with E-state index < -0.39 is 0 Å². The van der Waals surface area contributed by atoms with E-state index in [9.17, 15) is 0 Å². The lowest BCUT2D eigenvalue weighted by atomic mass is 10.1. The summed E-state index contributed by atoms with van der Waals surface area (Å²) in [5.74, 6) is 2.98. The molecule has 0 aliphatic heterocycles. The molecule has 1 aromatic rings. The van der Waals surface area contributed by atoms with Gasteiger partial charge in [0.2, 0.25) is 5.28 Å². The van der Waals surface area contributed by atoms with Crippen molar-refractivity contribution in [3.05, 3.63) is 11.1 Å². The molecule has 0 spiro atoms. The smallest absolute Gasteiger partial charge is 0.225 e. The number of halogens is 1. The van der Waals surface area contributed by atoms with Crippen molar-refractivity contribution in [2.24, 2.45) is 11.8 Å². The second-order valence-electron chi connectivity index (χ2n) is 4.91. The van der Waals surface area contributed by atoms with E-state index in [-0.39, 0.29) is 0 Å². The SMILES string of the molecule is CC(C)c1nnc(Cl)n1CC(C)C1CC1. The Labute approximate surface area is 95.8 Å². The fourth-order valence-electron chi connectivity index (χ4n) is 1.99. The molecule has 0 aromatic carbocycles. The Morgan fingerprint density at radius 2 is 2.00 bits per heavy atom. The van der Waals surface area contributed by atoms with Crippen LogP contribution in [0.2, 0.25) is 5.28 Å². The summed E-state index contributed by atoms with van der Waals surface area (Å²) in [6.45, 7) is 7.50. The molecule has 4 heteroatoms. The van der Waals surface area contributed by atoms with Crippen molar-refractivity contribution >= 4 is 11.6 Å². The molecule has 1 saturated carbocycles. The van der Waals surface area contributed by atoms with E-state index in [1.807, 2.05) is 0 Å². The van der Waals surface area contributed by atoms with Crippen LogP contribution in [0, 0.1) is 11.8 Å². The number of hydrogen-bond donors (Lipinski definition) is 0. The second kappa shape index (κ2) is 4.12. The average Bonchev–Trinajstić information content (AvgIpc) is 2.94. The molecule has 1 heterocycles. The van der Waals surface area contributed by atoms with Crippen LogP contribution >= 0.6 is 11.6 Å². The Kier molecular flexibility index (Phi) is 3.01. The standard InChI is InChI=1S/C11H18ClN3/c1-7(2)10-13-14-11(12)15(10)6-8(3)9-4-5-9/h7-9H,4-6H2,1-3H3. The van der Waals surface area contributed by atoms with Crippen LogP contribution in [-0.4, -0.2) is 14.8 Å². The van der Waals surface area contributed by atoms with E-state index in [2.05, 4.69) is 35.5 Å². The molecule has 1 unspecified atom stereocenters. The first-order chi connectivity index (χ1) is 7.09. The summed E-state index contributed by atoms with van der Waals surface area (Å²) >= 11 is 6.05. The first-order valence-corrected chi connectivity index (χ1v) is 6.06. The molecule has 0 N–H and O–H groups in total. The lowest BCUT2D eigenvalue weighted by Crippen LogP contribution is -2.13. The molecule has 84 valence electrons. The van der Waals surface area contributed by atoms with E-state index in [0.29, 0.717) is 17.1 Å². The molecule has 15 heavy (non-hydrogen) atoms. The van der Waals surface area contributed by atoms with E-state index >= 15 is 0 Å². The van der Waals surface area contributed by atoms with E-state index in [4.69, 9.17) is 11.6 Å². The largest absolute Gasteiger partial charge is 0.301 e. The molecule has 1 atom stereocenters. The third kappa shape index (κ3) is 2.33. The molecular weight excluding hydrogens is 210 g/mol. The third-order valence-corrected chi connectivity index (χ3v) is 3.43. The van der Waals surface area contributed by atoms with Crippen molar-refractivity contribution in [2.75, 3.05) is 0 Å². The van der Waals surface area contributed by atoms with Gasteiger partial charge in [-0.2, -0.15) is 0 Å². The predicted molar refractivity (Wildman–Crippen MR) is 61.0 cm³/mol. The van der Waals surface area contributed by atoms with Crippen LogP contribution in [-0.2, 0) is 6.54 Å². The van der Waals surface area contributed by atoms with Crippen LogP contribution in [0.15, 0.2) is 0 Å². The summed E-state index contributed by atoms with van der Waals surface area (Å²) in [6.07, 6.45) is 2.75. The van der Waals surface area contributed by atoms with E-state index in [1.54, 1.807) is 0 Å². The Morgan fingerprint density at radius 3 is 2.53 bits per heavy atom. The van der Waals surface area contributed by atoms with E-state index in [0.717, 1.165) is 18.3 Å². The molecule has 1 fully saturated rings. The summed E-state index contributed by atoms with van der Waals surface area (Å²) in [5.41, 5.74) is 0. The fraction of sp³-hybridized carbons (Fsp3) is 0.818. The van der Waals surface area contributed by atoms with Gasteiger partial charge in [0.25, 0.3) is 0 Å². The maximum absolute atomic E-state index is 6.05. The maximum atomic E-state index is 6.05. The summed E-state index contributed by atoms with van der Waals surface area (Å²) in [7, 11) is 0. The van der Waals surface area contributed by atoms with Crippen molar-refractivity contribution in [3.63, 3.8) is 0 Å². The van der Waals surface area contributed by atoms with Crippen molar-refractivity contribution in [1.29, 1.82) is 0 Å². The minimum absolute atomic E-state index is 0.386. The molecule has 0 bridgehead atoms. The predicted octanol–water partition coefficient (Wildman–Crippen LogP) is 3.10. The highest BCUT2D eigenvalue weighted by Gasteiger charge is 2.29. The van der Waals surface area contributed by atoms with Crippen LogP contribution < -0.4 is 0 Å². The van der Waals surface area contributed by atoms with Gasteiger partial charge in [-0.05, 0) is 36.3 Å². The van der Waals surface area contributed by atoms with Gasteiger partial charge in [-0.25, -0.2) is 0 Å². The molecule has 1 aliphatic carbocycles. The number of nitrogens with zero attached hydrogens (tertiary/aromatic N) is 3. The topological polar surface area (TPSA) is 30.7 Å². The van der Waals surface area contributed by atoms with Crippen LogP contribution in [0.5, 0.6) is 0 Å². The molecular formula is C11H18ClN3. The van der Waals surface area contributed by atoms with Gasteiger partial charge < -0.3 is 4.57 Å². The minimum Gasteiger partial charge on any atom is -0.301 e. The van der Waals surface area contributed by atoms with Gasteiger partial charge in [-0.3, -0.25) is 0 Å². The van der Waals surface area contributed by atoms with Crippen LogP contribution in [0.3, 0.4) is 0 Å². The Hall–Kier alpha value is -0.570. The molecule has 1 aliphatic rings. The number of hydrogen-bond acceptors (Lipinski definition) is 2. The number of aromatic nitrogens is 3. The van der Waals surface area contributed by atoms with Gasteiger partial charge in [0, 0.05) is 12.5 Å². The highest BCUT2D eigenvalue weighted by atomic mass is 35.5. The van der Waals surface area contributed by atoms with Crippen molar-refractivity contribution in [1.82, 2.24) is 14.8 Å². The van der Waals surface area contributed by atoms with Crippen LogP contribution in [0.25, 0.3) is 0 Å². The molecule has 1 aromatic heterocycles. The lowest BCUT2D eigenvalue weighted by Gasteiger charge is -2.14. The monoisotopic (exact) mass is 227 g/mol. The van der Waals surface area contributed by atoms with Gasteiger partial charge in [-0.15, -0.1) is 10.2 Å². The summed E-state index contributed by atoms with van der Waals surface area (Å²) in [4.78, 5) is 0. The van der Waals surface area contributed by atoms with Crippen LogP contribution in [0.1, 0.15) is 45.4 Å². The first-order valence-electron chi connectivity index (χ1n) is 5.68. The summed E-state index contributed by atoms with van der Waals surface area (Å²) < 4.78 is 2.06. The Morgan fingerprint density at radius 1 is 1.33 bits per heavy atom. The zero-order valence-corrected chi connectivity index (χ0v) is 10.3. The van der Waals surface area contributed by atoms with Gasteiger partial charge in [-0.1, -0.05) is 20.8 Å². The molecule has 3 nitrogen and oxygen atoms in total. The normalized spacial score (nSPS) is 18.5. The third-order valence-electron chi connectivity index (χ3n) is 3.15. The fourth-order valence-corrected chi connectivity index (χ4v) is 2.19. The van der Waals surface area contributed by atoms with E-state index in [1.165, 1.54) is 12.8 Å². The molecule has 0 amide bonds. The minimum atomic E-state index is 0.386. The summed E-state index contributed by atoms with van der Waals surface area (Å²) in [6, 6.07) is 0. The number of rotatable bonds is 4. The van der Waals surface area contributed by atoms with Crippen LogP contribution in [0.4, 0.5) is 0 Å². The summed E-state index contributed by atoms with van der Waals surface area (Å²) in [5, 5.41) is 8.61. The average molecular weight is 228 g/mol. The Balaban J connectivity index is 2.14. The van der Waals surface area contributed by atoms with Crippen molar-refractivity contribution < 1.29 is 0 Å². The lowest BCUT2D eigenvalue weighted by molar-refractivity contribution is 0.418. The van der Waals surface area contributed by atoms with Gasteiger partial charge in [0.05, 0.1) is 0 Å². The Bertz CT molecular complexity index is 342. The van der Waals surface area contributed by atoms with Crippen molar-refractivity contribution in [3.8, 4) is 0 Å². The van der Waals surface area contributed by atoms with Gasteiger partial charge >= 0.3 is 0 Å². The van der Waals surface area contributed by atoms with Gasteiger partial charge in [0.1, 0.15) is 5.82 Å². The maximum Gasteiger partial charge on any atom is 0.225 e. The quantitative estimate of drug-likeness (QED) is 0.792. The second-order valence-corrected chi connectivity index (χ2v) is 5.25. The molecule has 0 saturated heterocycles. The highest BCUT2D eigenvalue weighted by Crippen LogP contribution is 2.37. The molecule has 0 radical (unpaired) electrons. The highest BCUT2D eigenvalue weighted by molar-refractivity contribution is 6.28. The van der Waals surface area contributed by atoms with Gasteiger partial charge in [0.15, 0.2) is 0 Å². The first kappa shape index (κ1) is 10.9. The molecule has 2 rings (SSSR count). The zero-order chi connectivity index (χ0) is 11.0. The van der Waals surface area contributed by atoms with Crippen molar-refractivity contribution in [2.45, 2.75) is 46.1 Å². The zero-order valence-electron chi connectivity index (χ0n) is 9.57.